The summed E-state index contributed by atoms with van der Waals surface area (Å²) in [6, 6.07) is 13.1. The van der Waals surface area contributed by atoms with Crippen molar-refractivity contribution in [3.05, 3.63) is 64.2 Å². The van der Waals surface area contributed by atoms with Crippen LogP contribution in [0.3, 0.4) is 0 Å². The van der Waals surface area contributed by atoms with Crippen LogP contribution in [0, 0.1) is 0 Å². The lowest BCUT2D eigenvalue weighted by molar-refractivity contribution is -0.00180. The number of fused-ring (bicyclic) bond motifs is 4. The van der Waals surface area contributed by atoms with E-state index in [4.69, 9.17) is 16.3 Å². The van der Waals surface area contributed by atoms with Gasteiger partial charge in [0.2, 0.25) is 6.23 Å². The summed E-state index contributed by atoms with van der Waals surface area (Å²) in [4.78, 5) is 14.3. The summed E-state index contributed by atoms with van der Waals surface area (Å²) >= 11 is 6.05. The topological polar surface area (TPSA) is 29.5 Å². The number of hydrogen-bond donors (Lipinski definition) is 0. The second-order valence-electron chi connectivity index (χ2n) is 5.13. The van der Waals surface area contributed by atoms with E-state index in [0.717, 1.165) is 22.4 Å². The lowest BCUT2D eigenvalue weighted by atomic mass is 10.0. The minimum absolute atomic E-state index is 0.0173. The molecule has 0 bridgehead atoms. The zero-order valence-corrected chi connectivity index (χ0v) is 11.6. The molecule has 2 aliphatic rings. The fraction of sp³-hybridized carbons (Fsp3) is 0.188. The van der Waals surface area contributed by atoms with Gasteiger partial charge in [-0.2, -0.15) is 0 Å². The second-order valence-corrected chi connectivity index (χ2v) is 5.56. The van der Waals surface area contributed by atoms with Crippen LogP contribution in [0.25, 0.3) is 0 Å². The molecule has 0 saturated carbocycles. The molecule has 0 aliphatic carbocycles. The zero-order chi connectivity index (χ0) is 13.9. The van der Waals surface area contributed by atoms with Gasteiger partial charge in [0.1, 0.15) is 5.75 Å². The van der Waals surface area contributed by atoms with Crippen molar-refractivity contribution in [2.45, 2.75) is 19.2 Å². The molecule has 0 spiro atoms. The number of amides is 1. The number of carbonyl (C=O) groups is 1. The van der Waals surface area contributed by atoms with Crippen molar-refractivity contribution in [2.75, 3.05) is 0 Å². The van der Waals surface area contributed by atoms with Gasteiger partial charge < -0.3 is 4.74 Å². The largest absolute Gasteiger partial charge is 0.466 e. The fourth-order valence-corrected chi connectivity index (χ4v) is 3.21. The number of rotatable bonds is 0. The Bertz CT molecular complexity index is 728. The van der Waals surface area contributed by atoms with Crippen LogP contribution in [0.5, 0.6) is 5.75 Å². The molecular weight excluding hydrogens is 274 g/mol. The first-order valence-electron chi connectivity index (χ1n) is 6.54. The van der Waals surface area contributed by atoms with Crippen molar-refractivity contribution in [1.82, 2.24) is 4.90 Å². The van der Waals surface area contributed by atoms with Crippen LogP contribution >= 0.6 is 11.6 Å². The minimum atomic E-state index is -0.331. The van der Waals surface area contributed by atoms with E-state index in [1.165, 1.54) is 0 Å². The third kappa shape index (κ3) is 1.44. The molecular formula is C16H12ClNO2. The van der Waals surface area contributed by atoms with E-state index in [9.17, 15) is 4.79 Å². The molecule has 1 amide bonds. The lowest BCUT2D eigenvalue weighted by Gasteiger charge is -2.37. The Hall–Kier alpha value is -2.00. The maximum atomic E-state index is 12.5. The standard InChI is InChI=1S/C16H12ClNO2/c1-9-13-8-10(17)6-7-14(13)20-16-12-5-3-2-4-11(12)15(19)18(9)16/h2-9,16H,1H3/t9-,16+/m0/s1. The Morgan fingerprint density at radius 1 is 1.15 bits per heavy atom. The molecule has 0 aromatic heterocycles. The van der Waals surface area contributed by atoms with Crippen LogP contribution < -0.4 is 4.74 Å². The molecule has 2 atom stereocenters. The molecule has 2 aromatic rings. The molecule has 0 fully saturated rings. The molecule has 0 unspecified atom stereocenters. The highest BCUT2D eigenvalue weighted by molar-refractivity contribution is 6.30. The van der Waals surface area contributed by atoms with E-state index >= 15 is 0 Å². The first kappa shape index (κ1) is 11.8. The summed E-state index contributed by atoms with van der Waals surface area (Å²) in [5.74, 6) is 0.816. The molecule has 0 radical (unpaired) electrons. The Kier molecular flexibility index (Phi) is 2.36. The third-order valence-electron chi connectivity index (χ3n) is 4.02. The Morgan fingerprint density at radius 2 is 1.95 bits per heavy atom. The van der Waals surface area contributed by atoms with Crippen molar-refractivity contribution in [2.24, 2.45) is 0 Å². The zero-order valence-electron chi connectivity index (χ0n) is 10.8. The van der Waals surface area contributed by atoms with Gasteiger partial charge >= 0.3 is 0 Å². The molecule has 20 heavy (non-hydrogen) atoms. The average Bonchev–Trinajstić information content (AvgIpc) is 2.74. The summed E-state index contributed by atoms with van der Waals surface area (Å²) in [6.45, 7) is 2.01. The number of nitrogens with zero attached hydrogens (tertiary/aromatic N) is 1. The van der Waals surface area contributed by atoms with E-state index in [2.05, 4.69) is 0 Å². The van der Waals surface area contributed by atoms with E-state index in [1.807, 2.05) is 49.4 Å². The van der Waals surface area contributed by atoms with Crippen molar-refractivity contribution in [3.63, 3.8) is 0 Å². The average molecular weight is 286 g/mol. The fourth-order valence-electron chi connectivity index (χ4n) is 3.03. The summed E-state index contributed by atoms with van der Waals surface area (Å²) < 4.78 is 6.02. The van der Waals surface area contributed by atoms with Gasteiger partial charge in [-0.15, -0.1) is 0 Å². The quantitative estimate of drug-likeness (QED) is 0.733. The highest BCUT2D eigenvalue weighted by Crippen LogP contribution is 2.47. The molecule has 4 rings (SSSR count). The second kappa shape index (κ2) is 4.00. The number of halogens is 1. The SMILES string of the molecule is C[C@H]1c2cc(Cl)ccc2O[C@@H]2c3ccccc3C(=O)N21. The van der Waals surface area contributed by atoms with Gasteiger partial charge in [-0.1, -0.05) is 29.8 Å². The van der Waals surface area contributed by atoms with Crippen LogP contribution in [-0.4, -0.2) is 10.8 Å². The van der Waals surface area contributed by atoms with Gasteiger partial charge in [0.15, 0.2) is 0 Å². The summed E-state index contributed by atoms with van der Waals surface area (Å²) in [6.07, 6.45) is -0.331. The molecule has 100 valence electrons. The number of ether oxygens (including phenoxy) is 1. The van der Waals surface area contributed by atoms with Crippen LogP contribution in [0.1, 0.15) is 40.7 Å². The maximum Gasteiger partial charge on any atom is 0.257 e. The van der Waals surface area contributed by atoms with Crippen LogP contribution in [0.4, 0.5) is 0 Å². The van der Waals surface area contributed by atoms with E-state index in [-0.39, 0.29) is 18.2 Å². The third-order valence-corrected chi connectivity index (χ3v) is 4.26. The first-order valence-corrected chi connectivity index (χ1v) is 6.92. The van der Waals surface area contributed by atoms with Crippen LogP contribution in [0.2, 0.25) is 5.02 Å². The first-order chi connectivity index (χ1) is 9.66. The molecule has 2 heterocycles. The Balaban J connectivity index is 1.89. The maximum absolute atomic E-state index is 12.5. The Labute approximate surface area is 121 Å². The summed E-state index contributed by atoms with van der Waals surface area (Å²) in [5.41, 5.74) is 2.61. The van der Waals surface area contributed by atoms with Gasteiger partial charge in [0, 0.05) is 21.7 Å². The summed E-state index contributed by atoms with van der Waals surface area (Å²) in [5, 5.41) is 0.654. The molecule has 0 saturated heterocycles. The highest BCUT2D eigenvalue weighted by atomic mass is 35.5. The smallest absolute Gasteiger partial charge is 0.257 e. The van der Waals surface area contributed by atoms with Crippen molar-refractivity contribution in [3.8, 4) is 5.75 Å². The van der Waals surface area contributed by atoms with Gasteiger partial charge in [-0.05, 0) is 31.2 Å². The molecule has 2 aromatic carbocycles. The van der Waals surface area contributed by atoms with Gasteiger partial charge in [-0.3, -0.25) is 9.69 Å². The van der Waals surface area contributed by atoms with E-state index in [0.29, 0.717) is 5.02 Å². The summed E-state index contributed by atoms with van der Waals surface area (Å²) in [7, 11) is 0. The van der Waals surface area contributed by atoms with Crippen molar-refractivity contribution >= 4 is 17.5 Å². The monoisotopic (exact) mass is 285 g/mol. The van der Waals surface area contributed by atoms with Crippen LogP contribution in [-0.2, 0) is 0 Å². The molecule has 0 N–H and O–H groups in total. The van der Waals surface area contributed by atoms with Gasteiger partial charge in [0.25, 0.3) is 5.91 Å². The lowest BCUT2D eigenvalue weighted by Crippen LogP contribution is -2.37. The van der Waals surface area contributed by atoms with E-state index < -0.39 is 0 Å². The van der Waals surface area contributed by atoms with Gasteiger partial charge in [-0.25, -0.2) is 0 Å². The predicted molar refractivity (Wildman–Crippen MR) is 75.8 cm³/mol. The van der Waals surface area contributed by atoms with Crippen molar-refractivity contribution in [1.29, 1.82) is 0 Å². The van der Waals surface area contributed by atoms with E-state index in [1.54, 1.807) is 4.90 Å². The molecule has 2 aliphatic heterocycles. The van der Waals surface area contributed by atoms with Crippen LogP contribution in [0.15, 0.2) is 42.5 Å². The number of carbonyl (C=O) groups excluding carboxylic acids is 1. The number of hydrogen-bond acceptors (Lipinski definition) is 2. The normalized spacial score (nSPS) is 22.9. The molecule has 3 nitrogen and oxygen atoms in total. The Morgan fingerprint density at radius 3 is 2.80 bits per heavy atom. The predicted octanol–water partition coefficient (Wildman–Crippen LogP) is 3.95. The highest BCUT2D eigenvalue weighted by Gasteiger charge is 2.44. The van der Waals surface area contributed by atoms with Crippen molar-refractivity contribution < 1.29 is 9.53 Å². The van der Waals surface area contributed by atoms with Gasteiger partial charge in [0.05, 0.1) is 6.04 Å². The number of benzene rings is 2. The minimum Gasteiger partial charge on any atom is -0.466 e. The molecule has 4 heteroatoms.